The van der Waals surface area contributed by atoms with Crippen molar-refractivity contribution in [3.63, 3.8) is 0 Å². The van der Waals surface area contributed by atoms with Gasteiger partial charge < -0.3 is 10.1 Å². The molecule has 2 aliphatic rings. The standard InChI is InChI=1S/C15H23N3O/c1-2-13(10-16-6-1)12-18-8-4-14(5-9-18)19-15-3-7-17-11-15/h1-2,6,10,14-15,17H,3-5,7-9,11-12H2/t15-/m0/s1. The van der Waals surface area contributed by atoms with Gasteiger partial charge in [-0.05, 0) is 37.4 Å². The van der Waals surface area contributed by atoms with Gasteiger partial charge in [0.25, 0.3) is 0 Å². The first-order valence-electron chi connectivity index (χ1n) is 7.37. The van der Waals surface area contributed by atoms with Crippen LogP contribution in [0.2, 0.25) is 0 Å². The van der Waals surface area contributed by atoms with E-state index in [1.54, 1.807) is 0 Å². The molecule has 3 rings (SSSR count). The summed E-state index contributed by atoms with van der Waals surface area (Å²) in [5, 5.41) is 3.36. The fourth-order valence-electron chi connectivity index (χ4n) is 2.97. The quantitative estimate of drug-likeness (QED) is 0.889. The molecule has 1 aromatic rings. The Morgan fingerprint density at radius 2 is 2.16 bits per heavy atom. The van der Waals surface area contributed by atoms with Crippen LogP contribution in [0, 0.1) is 0 Å². The molecule has 4 nitrogen and oxygen atoms in total. The number of nitrogens with zero attached hydrogens (tertiary/aromatic N) is 2. The number of ether oxygens (including phenoxy) is 1. The average Bonchev–Trinajstić information content (AvgIpc) is 2.95. The largest absolute Gasteiger partial charge is 0.374 e. The van der Waals surface area contributed by atoms with Crippen LogP contribution in [0.4, 0.5) is 0 Å². The number of likely N-dealkylation sites (tertiary alicyclic amines) is 1. The van der Waals surface area contributed by atoms with E-state index in [0.29, 0.717) is 12.2 Å². The Labute approximate surface area is 115 Å². The molecule has 0 aliphatic carbocycles. The highest BCUT2D eigenvalue weighted by molar-refractivity contribution is 5.08. The Bertz CT molecular complexity index is 370. The summed E-state index contributed by atoms with van der Waals surface area (Å²) in [6.45, 7) is 5.45. The van der Waals surface area contributed by atoms with Gasteiger partial charge in [0.15, 0.2) is 0 Å². The lowest BCUT2D eigenvalue weighted by atomic mass is 10.1. The van der Waals surface area contributed by atoms with E-state index in [1.807, 2.05) is 18.5 Å². The second kappa shape index (κ2) is 6.46. The number of pyridine rings is 1. The third kappa shape index (κ3) is 3.75. The first-order chi connectivity index (χ1) is 9.40. The summed E-state index contributed by atoms with van der Waals surface area (Å²) in [4.78, 5) is 6.68. The molecule has 0 saturated carbocycles. The van der Waals surface area contributed by atoms with E-state index < -0.39 is 0 Å². The fraction of sp³-hybridized carbons (Fsp3) is 0.667. The Balaban J connectivity index is 1.41. The van der Waals surface area contributed by atoms with E-state index in [2.05, 4.69) is 21.3 Å². The van der Waals surface area contributed by atoms with Crippen LogP contribution >= 0.6 is 0 Å². The van der Waals surface area contributed by atoms with Crippen molar-refractivity contribution in [2.45, 2.75) is 38.0 Å². The smallest absolute Gasteiger partial charge is 0.0715 e. The monoisotopic (exact) mass is 261 g/mol. The van der Waals surface area contributed by atoms with E-state index in [9.17, 15) is 0 Å². The highest BCUT2D eigenvalue weighted by atomic mass is 16.5. The van der Waals surface area contributed by atoms with Crippen LogP contribution in [-0.4, -0.2) is 48.3 Å². The SMILES string of the molecule is c1cncc(CN2CCC(O[C@H]3CCNC3)CC2)c1. The van der Waals surface area contributed by atoms with Crippen molar-refractivity contribution in [2.75, 3.05) is 26.2 Å². The van der Waals surface area contributed by atoms with Gasteiger partial charge in [-0.3, -0.25) is 9.88 Å². The Morgan fingerprint density at radius 1 is 1.26 bits per heavy atom. The third-order valence-corrected chi connectivity index (χ3v) is 4.06. The summed E-state index contributed by atoms with van der Waals surface area (Å²) in [6, 6.07) is 4.16. The molecule has 3 heterocycles. The van der Waals surface area contributed by atoms with Crippen LogP contribution in [0.25, 0.3) is 0 Å². The molecule has 104 valence electrons. The van der Waals surface area contributed by atoms with Crippen molar-refractivity contribution in [3.8, 4) is 0 Å². The van der Waals surface area contributed by atoms with Gasteiger partial charge in [0, 0.05) is 38.6 Å². The van der Waals surface area contributed by atoms with Gasteiger partial charge in [-0.25, -0.2) is 0 Å². The van der Waals surface area contributed by atoms with Crippen LogP contribution in [0.5, 0.6) is 0 Å². The molecule has 2 aliphatic heterocycles. The molecule has 1 atom stereocenters. The molecular weight excluding hydrogens is 238 g/mol. The number of piperidine rings is 1. The zero-order valence-electron chi connectivity index (χ0n) is 11.4. The summed E-state index contributed by atoms with van der Waals surface area (Å²) >= 11 is 0. The van der Waals surface area contributed by atoms with Crippen molar-refractivity contribution in [1.82, 2.24) is 15.2 Å². The lowest BCUT2D eigenvalue weighted by Gasteiger charge is -2.33. The summed E-state index contributed by atoms with van der Waals surface area (Å²) in [5.74, 6) is 0. The molecule has 1 aromatic heterocycles. The maximum Gasteiger partial charge on any atom is 0.0715 e. The molecule has 0 bridgehead atoms. The van der Waals surface area contributed by atoms with Crippen molar-refractivity contribution >= 4 is 0 Å². The summed E-state index contributed by atoms with van der Waals surface area (Å²) in [6.07, 6.45) is 8.22. The van der Waals surface area contributed by atoms with Crippen LogP contribution in [0.3, 0.4) is 0 Å². The van der Waals surface area contributed by atoms with Crippen LogP contribution in [0.15, 0.2) is 24.5 Å². The molecule has 4 heteroatoms. The topological polar surface area (TPSA) is 37.4 Å². The van der Waals surface area contributed by atoms with E-state index in [1.165, 1.54) is 12.0 Å². The zero-order chi connectivity index (χ0) is 12.9. The second-order valence-corrected chi connectivity index (χ2v) is 5.59. The number of hydrogen-bond donors (Lipinski definition) is 1. The minimum absolute atomic E-state index is 0.454. The molecule has 19 heavy (non-hydrogen) atoms. The van der Waals surface area contributed by atoms with Crippen LogP contribution in [0.1, 0.15) is 24.8 Å². The minimum Gasteiger partial charge on any atom is -0.374 e. The van der Waals surface area contributed by atoms with Gasteiger partial charge in [0.1, 0.15) is 0 Å². The Morgan fingerprint density at radius 3 is 2.84 bits per heavy atom. The molecule has 0 radical (unpaired) electrons. The fourth-order valence-corrected chi connectivity index (χ4v) is 2.97. The maximum absolute atomic E-state index is 6.15. The number of rotatable bonds is 4. The van der Waals surface area contributed by atoms with Crippen LogP contribution < -0.4 is 5.32 Å². The van der Waals surface area contributed by atoms with E-state index >= 15 is 0 Å². The van der Waals surface area contributed by atoms with Gasteiger partial charge in [0.05, 0.1) is 12.2 Å². The van der Waals surface area contributed by atoms with Crippen LogP contribution in [-0.2, 0) is 11.3 Å². The highest BCUT2D eigenvalue weighted by Crippen LogP contribution is 2.19. The summed E-state index contributed by atoms with van der Waals surface area (Å²) in [5.41, 5.74) is 1.31. The minimum atomic E-state index is 0.454. The Kier molecular flexibility index (Phi) is 4.43. The molecule has 1 N–H and O–H groups in total. The maximum atomic E-state index is 6.15. The first-order valence-corrected chi connectivity index (χ1v) is 7.37. The average molecular weight is 261 g/mol. The lowest BCUT2D eigenvalue weighted by Crippen LogP contribution is -2.38. The van der Waals surface area contributed by atoms with Gasteiger partial charge in [-0.15, -0.1) is 0 Å². The molecule has 0 amide bonds. The van der Waals surface area contributed by atoms with Crippen molar-refractivity contribution in [2.24, 2.45) is 0 Å². The summed E-state index contributed by atoms with van der Waals surface area (Å²) in [7, 11) is 0. The zero-order valence-corrected chi connectivity index (χ0v) is 11.4. The molecule has 0 spiro atoms. The lowest BCUT2D eigenvalue weighted by molar-refractivity contribution is -0.0346. The normalized spacial score (nSPS) is 25.8. The molecular formula is C15H23N3O. The number of nitrogens with one attached hydrogen (secondary N) is 1. The highest BCUT2D eigenvalue weighted by Gasteiger charge is 2.24. The molecule has 2 saturated heterocycles. The second-order valence-electron chi connectivity index (χ2n) is 5.59. The summed E-state index contributed by atoms with van der Waals surface area (Å²) < 4.78 is 6.15. The van der Waals surface area contributed by atoms with Crippen molar-refractivity contribution in [3.05, 3.63) is 30.1 Å². The molecule has 0 aromatic carbocycles. The van der Waals surface area contributed by atoms with E-state index in [0.717, 1.165) is 45.6 Å². The van der Waals surface area contributed by atoms with E-state index in [4.69, 9.17) is 4.74 Å². The number of hydrogen-bond acceptors (Lipinski definition) is 4. The van der Waals surface area contributed by atoms with Gasteiger partial charge in [0.2, 0.25) is 0 Å². The predicted octanol–water partition coefficient (Wildman–Crippen LogP) is 1.42. The first kappa shape index (κ1) is 13.0. The van der Waals surface area contributed by atoms with Gasteiger partial charge in [-0.2, -0.15) is 0 Å². The molecule has 0 unspecified atom stereocenters. The van der Waals surface area contributed by atoms with Gasteiger partial charge >= 0.3 is 0 Å². The Hall–Kier alpha value is -0.970. The van der Waals surface area contributed by atoms with Crippen molar-refractivity contribution < 1.29 is 4.74 Å². The van der Waals surface area contributed by atoms with Gasteiger partial charge in [-0.1, -0.05) is 6.07 Å². The van der Waals surface area contributed by atoms with Crippen molar-refractivity contribution in [1.29, 1.82) is 0 Å². The predicted molar refractivity (Wildman–Crippen MR) is 74.9 cm³/mol. The number of aromatic nitrogens is 1. The van der Waals surface area contributed by atoms with E-state index in [-0.39, 0.29) is 0 Å². The third-order valence-electron chi connectivity index (χ3n) is 4.06. The molecule has 2 fully saturated rings.